The molecule has 1 aromatic rings. The Kier molecular flexibility index (Phi) is 4.53. The largest absolute Gasteiger partial charge is 0.508 e. The summed E-state index contributed by atoms with van der Waals surface area (Å²) in [6.07, 6.45) is 0.327. The Morgan fingerprint density at radius 3 is 2.17 bits per heavy atom. The lowest BCUT2D eigenvalue weighted by molar-refractivity contribution is -0.140. The molecule has 3 N–H and O–H groups in total. The molecule has 6 nitrogen and oxygen atoms in total. The SMILES string of the molecule is COC(=O)CCCC(=O)c1c(O)cc(O)cc1O. The molecule has 0 spiro atoms. The van der Waals surface area contributed by atoms with E-state index in [1.165, 1.54) is 7.11 Å². The van der Waals surface area contributed by atoms with Crippen LogP contribution >= 0.6 is 0 Å². The van der Waals surface area contributed by atoms with Gasteiger partial charge in [-0.05, 0) is 6.42 Å². The van der Waals surface area contributed by atoms with Gasteiger partial charge in [0, 0.05) is 25.0 Å². The van der Waals surface area contributed by atoms with Crippen LogP contribution in [0.25, 0.3) is 0 Å². The Morgan fingerprint density at radius 1 is 1.11 bits per heavy atom. The van der Waals surface area contributed by atoms with Gasteiger partial charge in [0.2, 0.25) is 0 Å². The van der Waals surface area contributed by atoms with Crippen LogP contribution in [-0.2, 0) is 9.53 Å². The molecular weight excluding hydrogens is 240 g/mol. The molecule has 0 saturated carbocycles. The number of hydrogen-bond donors (Lipinski definition) is 3. The lowest BCUT2D eigenvalue weighted by atomic mass is 10.0. The lowest BCUT2D eigenvalue weighted by Gasteiger charge is -2.06. The summed E-state index contributed by atoms with van der Waals surface area (Å²) in [5.41, 5.74) is -0.252. The molecule has 0 aromatic heterocycles. The van der Waals surface area contributed by atoms with E-state index in [4.69, 9.17) is 5.11 Å². The summed E-state index contributed by atoms with van der Waals surface area (Å²) >= 11 is 0. The minimum Gasteiger partial charge on any atom is -0.508 e. The van der Waals surface area contributed by atoms with Crippen LogP contribution in [-0.4, -0.2) is 34.2 Å². The van der Waals surface area contributed by atoms with Crippen LogP contribution in [0.1, 0.15) is 29.6 Å². The molecule has 0 aliphatic heterocycles. The average molecular weight is 254 g/mol. The molecule has 1 rings (SSSR count). The van der Waals surface area contributed by atoms with Gasteiger partial charge in [0.05, 0.1) is 7.11 Å². The molecule has 0 heterocycles. The molecule has 18 heavy (non-hydrogen) atoms. The molecule has 0 atom stereocenters. The Bertz CT molecular complexity index is 443. The topological polar surface area (TPSA) is 104 Å². The highest BCUT2D eigenvalue weighted by Gasteiger charge is 2.17. The number of rotatable bonds is 5. The number of Topliss-reactive ketones (excluding diaryl/α,β-unsaturated/α-hetero) is 1. The van der Waals surface area contributed by atoms with Gasteiger partial charge in [-0.3, -0.25) is 9.59 Å². The average Bonchev–Trinajstić information content (AvgIpc) is 2.27. The molecule has 0 saturated heterocycles. The van der Waals surface area contributed by atoms with Gasteiger partial charge in [0.1, 0.15) is 22.8 Å². The minimum absolute atomic E-state index is 0.0129. The number of phenolic OH excluding ortho intramolecular Hbond substituents is 3. The molecule has 1 aromatic carbocycles. The molecular formula is C12H14O6. The van der Waals surface area contributed by atoms with Gasteiger partial charge in [-0.15, -0.1) is 0 Å². The van der Waals surface area contributed by atoms with Crippen molar-refractivity contribution < 1.29 is 29.6 Å². The van der Waals surface area contributed by atoms with E-state index in [9.17, 15) is 19.8 Å². The van der Waals surface area contributed by atoms with Gasteiger partial charge in [-0.25, -0.2) is 0 Å². The number of carbonyl (C=O) groups is 2. The normalized spacial score (nSPS) is 10.1. The van der Waals surface area contributed by atoms with Crippen molar-refractivity contribution in [1.29, 1.82) is 0 Å². The molecule has 0 bridgehead atoms. The van der Waals surface area contributed by atoms with Crippen molar-refractivity contribution in [1.82, 2.24) is 0 Å². The lowest BCUT2D eigenvalue weighted by Crippen LogP contribution is -2.04. The maximum Gasteiger partial charge on any atom is 0.305 e. The summed E-state index contributed by atoms with van der Waals surface area (Å²) in [7, 11) is 1.25. The molecule has 0 unspecified atom stereocenters. The minimum atomic E-state index is -0.506. The van der Waals surface area contributed by atoms with Crippen LogP contribution in [0.15, 0.2) is 12.1 Å². The number of carbonyl (C=O) groups excluding carboxylic acids is 2. The van der Waals surface area contributed by atoms with Crippen molar-refractivity contribution in [2.24, 2.45) is 0 Å². The van der Waals surface area contributed by atoms with Crippen molar-refractivity contribution in [3.8, 4) is 17.2 Å². The van der Waals surface area contributed by atoms with E-state index >= 15 is 0 Å². The second kappa shape index (κ2) is 5.90. The van der Waals surface area contributed by atoms with Crippen LogP contribution in [0.4, 0.5) is 0 Å². The third-order valence-electron chi connectivity index (χ3n) is 2.37. The number of methoxy groups -OCH3 is 1. The third kappa shape index (κ3) is 3.38. The number of aromatic hydroxyl groups is 3. The Hall–Kier alpha value is -2.24. The van der Waals surface area contributed by atoms with E-state index < -0.39 is 23.3 Å². The van der Waals surface area contributed by atoms with E-state index in [-0.39, 0.29) is 30.6 Å². The Morgan fingerprint density at radius 2 is 1.67 bits per heavy atom. The number of benzene rings is 1. The molecule has 0 fully saturated rings. The predicted octanol–water partition coefficient (Wildman–Crippen LogP) is 1.33. The zero-order valence-electron chi connectivity index (χ0n) is 9.84. The molecule has 0 amide bonds. The van der Waals surface area contributed by atoms with Crippen LogP contribution in [0.3, 0.4) is 0 Å². The summed E-state index contributed by atoms with van der Waals surface area (Å²) in [6.45, 7) is 0. The standard InChI is InChI=1S/C12H14O6/c1-18-11(17)4-2-3-8(14)12-9(15)5-7(13)6-10(12)16/h5-6,13,15-16H,2-4H2,1H3. The molecule has 98 valence electrons. The van der Waals surface area contributed by atoms with Crippen molar-refractivity contribution in [3.05, 3.63) is 17.7 Å². The van der Waals surface area contributed by atoms with Crippen LogP contribution in [0.2, 0.25) is 0 Å². The van der Waals surface area contributed by atoms with Gasteiger partial charge in [-0.2, -0.15) is 0 Å². The smallest absolute Gasteiger partial charge is 0.305 e. The van der Waals surface area contributed by atoms with Crippen LogP contribution in [0.5, 0.6) is 17.2 Å². The first kappa shape index (κ1) is 13.8. The Balaban J connectivity index is 2.70. The Labute approximate surface area is 103 Å². The maximum atomic E-state index is 11.7. The van der Waals surface area contributed by atoms with Crippen molar-refractivity contribution in [3.63, 3.8) is 0 Å². The monoisotopic (exact) mass is 254 g/mol. The molecule has 6 heteroatoms. The number of ketones is 1. The predicted molar refractivity (Wildman–Crippen MR) is 61.6 cm³/mol. The highest BCUT2D eigenvalue weighted by atomic mass is 16.5. The number of esters is 1. The van der Waals surface area contributed by atoms with Gasteiger partial charge >= 0.3 is 5.97 Å². The number of ether oxygens (including phenoxy) is 1. The molecule has 0 radical (unpaired) electrons. The summed E-state index contributed by atoms with van der Waals surface area (Å²) in [5, 5.41) is 28.0. The van der Waals surface area contributed by atoms with E-state index in [0.717, 1.165) is 12.1 Å². The van der Waals surface area contributed by atoms with E-state index in [2.05, 4.69) is 4.74 Å². The fourth-order valence-electron chi connectivity index (χ4n) is 1.50. The van der Waals surface area contributed by atoms with Crippen molar-refractivity contribution in [2.75, 3.05) is 7.11 Å². The van der Waals surface area contributed by atoms with Crippen molar-refractivity contribution in [2.45, 2.75) is 19.3 Å². The van der Waals surface area contributed by atoms with Gasteiger partial charge in [-0.1, -0.05) is 0 Å². The zero-order chi connectivity index (χ0) is 13.7. The van der Waals surface area contributed by atoms with E-state index in [0.29, 0.717) is 0 Å². The highest BCUT2D eigenvalue weighted by Crippen LogP contribution is 2.33. The fraction of sp³-hybridized carbons (Fsp3) is 0.333. The maximum absolute atomic E-state index is 11.7. The number of hydrogen-bond acceptors (Lipinski definition) is 6. The first-order chi connectivity index (χ1) is 8.45. The van der Waals surface area contributed by atoms with Crippen LogP contribution < -0.4 is 0 Å². The first-order valence-corrected chi connectivity index (χ1v) is 5.30. The quantitative estimate of drug-likeness (QED) is 0.541. The molecule has 0 aliphatic carbocycles. The second-order valence-electron chi connectivity index (χ2n) is 3.71. The van der Waals surface area contributed by atoms with E-state index in [1.807, 2.05) is 0 Å². The summed E-state index contributed by atoms with van der Waals surface area (Å²) in [5.74, 6) is -2.25. The van der Waals surface area contributed by atoms with Gasteiger partial charge < -0.3 is 20.1 Å². The third-order valence-corrected chi connectivity index (χ3v) is 2.37. The molecule has 0 aliphatic rings. The summed E-state index contributed by atoms with van der Waals surface area (Å²) in [4.78, 5) is 22.6. The van der Waals surface area contributed by atoms with Crippen molar-refractivity contribution >= 4 is 11.8 Å². The summed E-state index contributed by atoms with van der Waals surface area (Å²) in [6, 6.07) is 1.93. The second-order valence-corrected chi connectivity index (χ2v) is 3.71. The zero-order valence-corrected chi connectivity index (χ0v) is 9.84. The highest BCUT2D eigenvalue weighted by molar-refractivity contribution is 6.01. The first-order valence-electron chi connectivity index (χ1n) is 5.30. The summed E-state index contributed by atoms with van der Waals surface area (Å²) < 4.78 is 4.42. The van der Waals surface area contributed by atoms with Gasteiger partial charge in [0.25, 0.3) is 0 Å². The number of phenols is 3. The fourth-order valence-corrected chi connectivity index (χ4v) is 1.50. The van der Waals surface area contributed by atoms with Gasteiger partial charge in [0.15, 0.2) is 5.78 Å². The van der Waals surface area contributed by atoms with Crippen LogP contribution in [0, 0.1) is 0 Å². The van der Waals surface area contributed by atoms with E-state index in [1.54, 1.807) is 0 Å².